The quantitative estimate of drug-likeness (QED) is 0.0322. The maximum atomic E-state index is 13.2. The molecule has 4 heterocycles. The summed E-state index contributed by atoms with van der Waals surface area (Å²) in [6.45, 7) is 3.38. The minimum absolute atomic E-state index is 0.0706. The van der Waals surface area contributed by atoms with Gasteiger partial charge in [-0.2, -0.15) is 0 Å². The Morgan fingerprint density at radius 2 is 2.07 bits per heavy atom. The fourth-order valence-corrected chi connectivity index (χ4v) is 7.01. The van der Waals surface area contributed by atoms with E-state index in [0.717, 1.165) is 21.8 Å². The minimum Gasteiger partial charge on any atom is -0.481 e. The number of carbonyl (C=O) groups excluding carboxylic acids is 2. The van der Waals surface area contributed by atoms with Crippen molar-refractivity contribution in [2.75, 3.05) is 28.8 Å². The van der Waals surface area contributed by atoms with Crippen molar-refractivity contribution in [1.29, 1.82) is 0 Å². The third-order valence-corrected chi connectivity index (χ3v) is 9.19. The van der Waals surface area contributed by atoms with E-state index in [1.807, 2.05) is 6.92 Å². The third kappa shape index (κ3) is 6.52. The number of rotatable bonds is 12. The average molecular weight is 639 g/mol. The molecule has 2 aliphatic heterocycles. The molecule has 9 N–H and O–H groups in total. The zero-order valence-electron chi connectivity index (χ0n) is 22.3. The predicted octanol–water partition coefficient (Wildman–Crippen LogP) is -0.619. The van der Waals surface area contributed by atoms with Crippen LogP contribution in [0.2, 0.25) is 0 Å². The summed E-state index contributed by atoms with van der Waals surface area (Å²) in [5.41, 5.74) is 12.5. The second kappa shape index (κ2) is 12.8. The SMILES string of the molecule is CCc1c[n+](N)c(SCC2=C(C(=O)O)N3C(=O)C(NC(=O)/C(=N\OC(C)CC(=O)O)c4csc(N)n4)[C@H]3SC2)nc1N. The Morgan fingerprint density at radius 3 is 2.69 bits per heavy atom. The number of carbonyl (C=O) groups is 4. The Labute approximate surface area is 251 Å². The molecule has 0 spiro atoms. The molecule has 0 saturated carbocycles. The van der Waals surface area contributed by atoms with Crippen LogP contribution in [0.5, 0.6) is 0 Å². The lowest BCUT2D eigenvalue weighted by molar-refractivity contribution is -0.682. The zero-order chi connectivity index (χ0) is 30.7. The van der Waals surface area contributed by atoms with E-state index in [-0.39, 0.29) is 40.2 Å². The van der Waals surface area contributed by atoms with E-state index in [1.54, 1.807) is 6.20 Å². The molecular formula is C23H28N9O7S3+. The standard InChI is InChI=1S/C23H27N9O7S3/c1-3-10-5-31(26)23(29-17(10)24)42-7-11-6-40-20-15(19(36)32(20)16(11)21(37)38)28-18(35)14(12-8-41-22(25)27-12)30-39-9(2)4-13(33)34/h5,8-9,15,20,24H,3-4,6-7,26H2,1-2H3,(H5,25,27,28,33,34,35,37,38)/p+1/b30-14-/t9?,15?,20-/m1/s1. The molecule has 2 unspecified atom stereocenters. The maximum absolute atomic E-state index is 13.2. The number of nitrogens with two attached hydrogens (primary N) is 3. The van der Waals surface area contributed by atoms with Gasteiger partial charge in [0.2, 0.25) is 5.82 Å². The van der Waals surface area contributed by atoms with Crippen LogP contribution in [0.15, 0.2) is 33.2 Å². The number of nitrogens with one attached hydrogen (secondary N) is 1. The highest BCUT2D eigenvalue weighted by atomic mass is 32.2. The molecule has 2 aromatic heterocycles. The highest BCUT2D eigenvalue weighted by Gasteiger charge is 2.54. The van der Waals surface area contributed by atoms with E-state index >= 15 is 0 Å². The zero-order valence-corrected chi connectivity index (χ0v) is 24.8. The number of hydrogen-bond donors (Lipinski definition) is 6. The monoisotopic (exact) mass is 638 g/mol. The van der Waals surface area contributed by atoms with E-state index in [9.17, 15) is 24.3 Å². The van der Waals surface area contributed by atoms with Gasteiger partial charge < -0.3 is 31.8 Å². The molecule has 0 radical (unpaired) electrons. The van der Waals surface area contributed by atoms with Crippen LogP contribution >= 0.6 is 34.9 Å². The number of aryl methyl sites for hydroxylation is 1. The van der Waals surface area contributed by atoms with E-state index in [4.69, 9.17) is 27.3 Å². The Bertz CT molecular complexity index is 1500. The lowest BCUT2D eigenvalue weighted by Crippen LogP contribution is -2.71. The fraction of sp³-hybridized carbons (Fsp3) is 0.391. The smallest absolute Gasteiger partial charge is 0.384 e. The lowest BCUT2D eigenvalue weighted by atomic mass is 10.0. The number of thiazole rings is 1. The summed E-state index contributed by atoms with van der Waals surface area (Å²) in [6, 6.07) is -1.06. The number of amides is 2. The van der Waals surface area contributed by atoms with Gasteiger partial charge in [-0.1, -0.05) is 12.1 Å². The van der Waals surface area contributed by atoms with Crippen molar-refractivity contribution in [2.24, 2.45) is 5.16 Å². The molecule has 4 rings (SSSR count). The summed E-state index contributed by atoms with van der Waals surface area (Å²) in [5, 5.41) is 26.6. The van der Waals surface area contributed by atoms with Crippen molar-refractivity contribution >= 4 is 75.3 Å². The number of hydrogen-bond acceptors (Lipinski definition) is 14. The number of aliphatic carboxylic acids is 2. The van der Waals surface area contributed by atoms with Gasteiger partial charge in [0, 0.05) is 16.9 Å². The van der Waals surface area contributed by atoms with Crippen molar-refractivity contribution < 1.29 is 38.9 Å². The van der Waals surface area contributed by atoms with E-state index in [2.05, 4.69) is 20.4 Å². The van der Waals surface area contributed by atoms with Crippen LogP contribution in [0.1, 0.15) is 31.5 Å². The molecule has 2 amide bonds. The summed E-state index contributed by atoms with van der Waals surface area (Å²) in [5.74, 6) is 2.96. The van der Waals surface area contributed by atoms with Crippen LogP contribution < -0.4 is 27.3 Å². The number of nitrogen functional groups attached to an aromatic ring is 3. The third-order valence-electron chi connectivity index (χ3n) is 6.12. The summed E-state index contributed by atoms with van der Waals surface area (Å²) < 4.78 is 1.32. The number of thioether (sulfide) groups is 2. The van der Waals surface area contributed by atoms with Gasteiger partial charge >= 0.3 is 17.1 Å². The van der Waals surface area contributed by atoms with Gasteiger partial charge in [-0.25, -0.2) is 9.78 Å². The van der Waals surface area contributed by atoms with Crippen LogP contribution in [-0.4, -0.2) is 83.6 Å². The highest BCUT2D eigenvalue weighted by molar-refractivity contribution is 8.01. The average Bonchev–Trinajstić information content (AvgIpc) is 3.36. The summed E-state index contributed by atoms with van der Waals surface area (Å²) in [6.07, 6.45) is 1.07. The normalized spacial score (nSPS) is 19.1. The predicted molar refractivity (Wildman–Crippen MR) is 155 cm³/mol. The number of aromatic nitrogens is 3. The summed E-state index contributed by atoms with van der Waals surface area (Å²) in [7, 11) is 0. The van der Waals surface area contributed by atoms with Crippen molar-refractivity contribution in [3.63, 3.8) is 0 Å². The Kier molecular flexibility index (Phi) is 9.42. The van der Waals surface area contributed by atoms with Crippen molar-refractivity contribution in [1.82, 2.24) is 20.2 Å². The molecule has 0 aliphatic carbocycles. The Morgan fingerprint density at radius 1 is 1.33 bits per heavy atom. The molecule has 224 valence electrons. The fourth-order valence-electron chi connectivity index (χ4n) is 4.08. The van der Waals surface area contributed by atoms with Gasteiger partial charge in [-0.05, 0) is 35.7 Å². The number of carboxylic acid groups (broad SMARTS) is 2. The number of carboxylic acids is 2. The van der Waals surface area contributed by atoms with Crippen molar-refractivity contribution in [3.05, 3.63) is 34.1 Å². The first-order chi connectivity index (χ1) is 19.9. The van der Waals surface area contributed by atoms with E-state index < -0.39 is 41.3 Å². The molecule has 2 aliphatic rings. The van der Waals surface area contributed by atoms with Gasteiger partial charge in [0.25, 0.3) is 11.8 Å². The largest absolute Gasteiger partial charge is 0.481 e. The van der Waals surface area contributed by atoms with Gasteiger partial charge in [0.1, 0.15) is 35.1 Å². The number of oxime groups is 1. The molecule has 0 bridgehead atoms. The molecular weight excluding hydrogens is 611 g/mol. The van der Waals surface area contributed by atoms with E-state index in [1.165, 1.54) is 40.5 Å². The molecule has 3 atom stereocenters. The minimum atomic E-state index is -1.29. The second-order valence-electron chi connectivity index (χ2n) is 9.13. The highest BCUT2D eigenvalue weighted by Crippen LogP contribution is 2.41. The summed E-state index contributed by atoms with van der Waals surface area (Å²) in [4.78, 5) is 64.2. The van der Waals surface area contributed by atoms with Gasteiger partial charge in [-0.15, -0.1) is 27.8 Å². The first-order valence-electron chi connectivity index (χ1n) is 12.4. The number of nitrogens with zero attached hydrogens (tertiary/aromatic N) is 5. The first kappa shape index (κ1) is 30.8. The molecule has 16 nitrogen and oxygen atoms in total. The molecule has 19 heteroatoms. The van der Waals surface area contributed by atoms with Gasteiger partial charge in [0.15, 0.2) is 10.8 Å². The van der Waals surface area contributed by atoms with Crippen molar-refractivity contribution in [3.8, 4) is 0 Å². The van der Waals surface area contributed by atoms with Crippen LogP contribution in [0, 0.1) is 0 Å². The van der Waals surface area contributed by atoms with E-state index in [0.29, 0.717) is 23.0 Å². The number of β-lactam (4-membered cyclic amide) rings is 1. The van der Waals surface area contributed by atoms with Crippen LogP contribution in [0.4, 0.5) is 10.9 Å². The molecule has 0 aromatic carbocycles. The van der Waals surface area contributed by atoms with Crippen LogP contribution in [0.3, 0.4) is 0 Å². The van der Waals surface area contributed by atoms with Crippen LogP contribution in [-0.2, 0) is 30.4 Å². The van der Waals surface area contributed by atoms with Crippen LogP contribution in [0.25, 0.3) is 0 Å². The maximum Gasteiger partial charge on any atom is 0.384 e. The van der Waals surface area contributed by atoms with Gasteiger partial charge in [0.05, 0.1) is 12.0 Å². The van der Waals surface area contributed by atoms with Crippen molar-refractivity contribution in [2.45, 2.75) is 49.4 Å². The lowest BCUT2D eigenvalue weighted by Gasteiger charge is -2.49. The molecule has 1 fully saturated rings. The molecule has 2 aromatic rings. The number of anilines is 2. The number of fused-ring (bicyclic) bond motifs is 1. The topological polar surface area (TPSA) is 253 Å². The first-order valence-corrected chi connectivity index (χ1v) is 15.3. The van der Waals surface area contributed by atoms with Gasteiger partial charge in [-0.3, -0.25) is 25.1 Å². The Balaban J connectivity index is 1.50. The Hall–Kier alpha value is -4.10. The molecule has 42 heavy (non-hydrogen) atoms. The second-order valence-corrected chi connectivity index (χ2v) is 12.1. The molecule has 1 saturated heterocycles. The summed E-state index contributed by atoms with van der Waals surface area (Å²) >= 11 is 3.51.